The highest BCUT2D eigenvalue weighted by Crippen LogP contribution is 2.44. The molecule has 0 spiro atoms. The lowest BCUT2D eigenvalue weighted by Crippen LogP contribution is -2.33. The third-order valence-electron chi connectivity index (χ3n) is 9.12. The lowest BCUT2D eigenvalue weighted by atomic mass is 9.65. The molecule has 1 unspecified atom stereocenters. The van der Waals surface area contributed by atoms with Crippen LogP contribution in [0, 0.1) is 12.8 Å². The summed E-state index contributed by atoms with van der Waals surface area (Å²) in [5.74, 6) is 1.25. The number of nitrogens with zero attached hydrogens (tertiary/aromatic N) is 1. The zero-order valence-electron chi connectivity index (χ0n) is 25.0. The zero-order chi connectivity index (χ0) is 27.9. The van der Waals surface area contributed by atoms with Crippen LogP contribution in [0.15, 0.2) is 86.0 Å². The number of hydrogen-bond acceptors (Lipinski definition) is 1. The van der Waals surface area contributed by atoms with Gasteiger partial charge in [0.1, 0.15) is 0 Å². The number of benzene rings is 3. The van der Waals surface area contributed by atoms with Gasteiger partial charge in [0.25, 0.3) is 0 Å². The first kappa shape index (κ1) is 29.5. The summed E-state index contributed by atoms with van der Waals surface area (Å²) in [5.41, 5.74) is 9.92. The van der Waals surface area contributed by atoms with Crippen molar-refractivity contribution in [2.45, 2.75) is 91.9 Å². The van der Waals surface area contributed by atoms with Gasteiger partial charge in [-0.3, -0.25) is 0 Å². The number of hydrogen-bond donors (Lipinski definition) is 0. The van der Waals surface area contributed by atoms with Crippen molar-refractivity contribution in [2.75, 3.05) is 4.90 Å². The fraction of sp³-hybridized carbons (Fsp3) is 0.405. The molecule has 1 atom stereocenters. The molecule has 0 amide bonds. The van der Waals surface area contributed by atoms with E-state index in [2.05, 4.69) is 133 Å². The second-order valence-electron chi connectivity index (χ2n) is 10.9. The van der Waals surface area contributed by atoms with Crippen molar-refractivity contribution in [1.29, 1.82) is 0 Å². The Morgan fingerprint density at radius 2 is 1.32 bits per heavy atom. The van der Waals surface area contributed by atoms with Crippen LogP contribution in [0.25, 0.3) is 5.57 Å². The largest absolute Gasteiger partial charge is 0.310 e. The van der Waals surface area contributed by atoms with Crippen molar-refractivity contribution in [3.8, 4) is 0 Å². The van der Waals surface area contributed by atoms with Crippen molar-refractivity contribution in [3.63, 3.8) is 0 Å². The lowest BCUT2D eigenvalue weighted by Gasteiger charge is -2.40. The number of allylic oxidation sites excluding steroid dienone is 2. The monoisotopic (exact) mass is 507 g/mol. The maximum absolute atomic E-state index is 4.17. The number of anilines is 3. The Labute approximate surface area is 233 Å². The second kappa shape index (κ2) is 13.1. The minimum absolute atomic E-state index is 0.230. The van der Waals surface area contributed by atoms with Crippen molar-refractivity contribution >= 4 is 22.6 Å². The summed E-state index contributed by atoms with van der Waals surface area (Å²) in [7, 11) is 0. The molecule has 0 aliphatic rings. The normalized spacial score (nSPS) is 12.4. The molecular formula is C37H49N. The summed E-state index contributed by atoms with van der Waals surface area (Å²) in [6.45, 7) is 24.2. The van der Waals surface area contributed by atoms with Crippen molar-refractivity contribution in [2.24, 2.45) is 5.92 Å². The van der Waals surface area contributed by atoms with Crippen LogP contribution in [0.4, 0.5) is 17.1 Å². The number of aryl methyl sites for hydroxylation is 1. The van der Waals surface area contributed by atoms with Gasteiger partial charge in [-0.1, -0.05) is 104 Å². The van der Waals surface area contributed by atoms with Crippen LogP contribution in [-0.2, 0) is 5.41 Å². The van der Waals surface area contributed by atoms with Gasteiger partial charge in [0.05, 0.1) is 0 Å². The van der Waals surface area contributed by atoms with E-state index in [4.69, 9.17) is 0 Å². The van der Waals surface area contributed by atoms with Crippen molar-refractivity contribution in [1.82, 2.24) is 0 Å². The van der Waals surface area contributed by atoms with E-state index in [0.29, 0.717) is 11.8 Å². The Morgan fingerprint density at radius 1 is 0.789 bits per heavy atom. The molecule has 0 heterocycles. The van der Waals surface area contributed by atoms with Gasteiger partial charge in [0, 0.05) is 17.1 Å². The van der Waals surface area contributed by atoms with Crippen LogP contribution in [0.3, 0.4) is 0 Å². The average molecular weight is 508 g/mol. The van der Waals surface area contributed by atoms with E-state index in [1.165, 1.54) is 53.7 Å². The first-order valence-corrected chi connectivity index (χ1v) is 14.7. The first-order chi connectivity index (χ1) is 18.3. The molecule has 1 heteroatoms. The smallest absolute Gasteiger partial charge is 0.0464 e. The Bertz CT molecular complexity index is 1190. The third-order valence-corrected chi connectivity index (χ3v) is 9.12. The molecule has 3 aromatic carbocycles. The highest BCUT2D eigenvalue weighted by molar-refractivity contribution is 5.80. The van der Waals surface area contributed by atoms with Crippen molar-refractivity contribution < 1.29 is 0 Å². The molecule has 38 heavy (non-hydrogen) atoms. The van der Waals surface area contributed by atoms with Crippen molar-refractivity contribution in [3.05, 3.63) is 108 Å². The molecule has 0 fully saturated rings. The van der Waals surface area contributed by atoms with Crippen LogP contribution in [0.5, 0.6) is 0 Å². The maximum atomic E-state index is 4.17. The summed E-state index contributed by atoms with van der Waals surface area (Å²) >= 11 is 0. The van der Waals surface area contributed by atoms with E-state index in [9.17, 15) is 0 Å². The molecule has 0 radical (unpaired) electrons. The molecule has 0 saturated heterocycles. The van der Waals surface area contributed by atoms with Crippen LogP contribution in [0.1, 0.15) is 102 Å². The molecule has 0 bridgehead atoms. The molecule has 0 N–H and O–H groups in total. The Hall–Kier alpha value is -3.06. The average Bonchev–Trinajstić information content (AvgIpc) is 2.96. The molecule has 1 nitrogen and oxygen atoms in total. The van der Waals surface area contributed by atoms with Crippen LogP contribution >= 0.6 is 0 Å². The molecule has 3 rings (SSSR count). The highest BCUT2D eigenvalue weighted by atomic mass is 15.1. The quantitative estimate of drug-likeness (QED) is 0.208. The maximum Gasteiger partial charge on any atom is 0.0464 e. The van der Waals surface area contributed by atoms with E-state index in [1.807, 2.05) is 6.08 Å². The molecule has 3 aromatic rings. The summed E-state index contributed by atoms with van der Waals surface area (Å²) < 4.78 is 0. The van der Waals surface area contributed by atoms with Gasteiger partial charge in [0.15, 0.2) is 0 Å². The van der Waals surface area contributed by atoms with Crippen LogP contribution in [0.2, 0.25) is 0 Å². The number of rotatable bonds is 13. The van der Waals surface area contributed by atoms with Gasteiger partial charge in [-0.2, -0.15) is 0 Å². The topological polar surface area (TPSA) is 3.24 Å². The molecule has 0 aromatic heterocycles. The van der Waals surface area contributed by atoms with Gasteiger partial charge >= 0.3 is 0 Å². The minimum atomic E-state index is 0.230. The van der Waals surface area contributed by atoms with E-state index >= 15 is 0 Å². The predicted octanol–water partition coefficient (Wildman–Crippen LogP) is 11.7. The standard InChI is InChI=1S/C37H49N/c1-10-27(7)30-16-20-33(21-17-30)38(35-24-25-36(28(8)11-2)29(9)26-35)34-22-18-32(19-23-34)37(14-5,15-6)31(12-3)13-4/h11,16-27,31H,2,8,10,12-15H2,1,3-7,9H3. The van der Waals surface area contributed by atoms with E-state index in [-0.39, 0.29) is 5.41 Å². The van der Waals surface area contributed by atoms with Gasteiger partial charge in [-0.15, -0.1) is 0 Å². The molecular weight excluding hydrogens is 458 g/mol. The predicted molar refractivity (Wildman–Crippen MR) is 170 cm³/mol. The first-order valence-electron chi connectivity index (χ1n) is 14.7. The highest BCUT2D eigenvalue weighted by Gasteiger charge is 2.35. The summed E-state index contributed by atoms with van der Waals surface area (Å²) in [6, 6.07) is 25.2. The minimum Gasteiger partial charge on any atom is -0.310 e. The molecule has 0 aliphatic carbocycles. The van der Waals surface area contributed by atoms with E-state index < -0.39 is 0 Å². The third kappa shape index (κ3) is 5.83. The van der Waals surface area contributed by atoms with Gasteiger partial charge in [0.2, 0.25) is 0 Å². The Kier molecular flexibility index (Phi) is 10.2. The summed E-state index contributed by atoms with van der Waals surface area (Å²) in [4.78, 5) is 2.38. The second-order valence-corrected chi connectivity index (χ2v) is 10.9. The summed E-state index contributed by atoms with van der Waals surface area (Å²) in [5, 5.41) is 0. The Morgan fingerprint density at radius 3 is 1.76 bits per heavy atom. The fourth-order valence-corrected chi connectivity index (χ4v) is 6.38. The lowest BCUT2D eigenvalue weighted by molar-refractivity contribution is 0.231. The Balaban J connectivity index is 2.13. The SMILES string of the molecule is C=CC(=C)c1ccc(N(c2ccc(C(C)CC)cc2)c2ccc(C(CC)(CC)C(CC)CC)cc2)cc1C. The molecule has 0 aliphatic heterocycles. The molecule has 0 saturated carbocycles. The van der Waals surface area contributed by atoms with E-state index in [0.717, 1.165) is 23.2 Å². The van der Waals surface area contributed by atoms with Gasteiger partial charge in [-0.25, -0.2) is 0 Å². The molecule has 202 valence electrons. The van der Waals surface area contributed by atoms with Gasteiger partial charge in [-0.05, 0) is 108 Å². The van der Waals surface area contributed by atoms with Crippen LogP contribution in [-0.4, -0.2) is 0 Å². The summed E-state index contributed by atoms with van der Waals surface area (Å²) in [6.07, 6.45) is 7.76. The fourth-order valence-electron chi connectivity index (χ4n) is 6.38. The van der Waals surface area contributed by atoms with Crippen LogP contribution < -0.4 is 4.90 Å². The van der Waals surface area contributed by atoms with Gasteiger partial charge < -0.3 is 4.90 Å². The van der Waals surface area contributed by atoms with E-state index in [1.54, 1.807) is 0 Å². The zero-order valence-corrected chi connectivity index (χ0v) is 25.0.